The number of hydrogen-bond donors (Lipinski definition) is 3. The third-order valence-corrected chi connectivity index (χ3v) is 5.88. The van der Waals surface area contributed by atoms with E-state index in [0.29, 0.717) is 18.1 Å². The Hall–Kier alpha value is -1.96. The number of ether oxygens (including phenoxy) is 1. The minimum atomic E-state index is -1.09. The molecule has 3 rings (SSSR count). The van der Waals surface area contributed by atoms with Crippen LogP contribution in [0.5, 0.6) is 0 Å². The predicted molar refractivity (Wildman–Crippen MR) is 120 cm³/mol. The van der Waals surface area contributed by atoms with Crippen LogP contribution < -0.4 is 0 Å². The van der Waals surface area contributed by atoms with Crippen LogP contribution in [0.1, 0.15) is 55.0 Å². The lowest BCUT2D eigenvalue weighted by molar-refractivity contribution is -0.181. The van der Waals surface area contributed by atoms with Crippen LogP contribution in [0.4, 0.5) is 0 Å². The van der Waals surface area contributed by atoms with E-state index in [1.807, 2.05) is 44.2 Å². The molecule has 0 aromatic heterocycles. The SMILES string of the molecule is CCO/N=C(\CC)c1ccc(Cc2cc(C3CC(O)[C@H](O)C(CO)O3)ccc2Cl)cc1. The lowest BCUT2D eigenvalue weighted by Gasteiger charge is -2.36. The van der Waals surface area contributed by atoms with E-state index < -0.39 is 24.4 Å². The largest absolute Gasteiger partial charge is 0.396 e. The van der Waals surface area contributed by atoms with Gasteiger partial charge in [-0.3, -0.25) is 0 Å². The summed E-state index contributed by atoms with van der Waals surface area (Å²) in [4.78, 5) is 5.19. The maximum Gasteiger partial charge on any atom is 0.114 e. The number of hydrogen-bond acceptors (Lipinski definition) is 6. The number of aliphatic hydroxyl groups excluding tert-OH is 3. The smallest absolute Gasteiger partial charge is 0.114 e. The summed E-state index contributed by atoms with van der Waals surface area (Å²) in [7, 11) is 0. The fourth-order valence-corrected chi connectivity index (χ4v) is 3.93. The fourth-order valence-electron chi connectivity index (χ4n) is 3.75. The van der Waals surface area contributed by atoms with Gasteiger partial charge >= 0.3 is 0 Å². The summed E-state index contributed by atoms with van der Waals surface area (Å²) in [5.41, 5.74) is 4.83. The highest BCUT2D eigenvalue weighted by Crippen LogP contribution is 2.34. The molecule has 0 aliphatic carbocycles. The van der Waals surface area contributed by atoms with Crippen molar-refractivity contribution in [2.75, 3.05) is 13.2 Å². The fraction of sp³-hybridized carbons (Fsp3) is 0.458. The molecule has 31 heavy (non-hydrogen) atoms. The van der Waals surface area contributed by atoms with Gasteiger partial charge in [0, 0.05) is 11.4 Å². The highest BCUT2D eigenvalue weighted by Gasteiger charge is 2.37. The number of benzene rings is 2. The molecule has 168 valence electrons. The minimum absolute atomic E-state index is 0.256. The number of halogens is 1. The van der Waals surface area contributed by atoms with E-state index in [9.17, 15) is 15.3 Å². The summed E-state index contributed by atoms with van der Waals surface area (Å²) >= 11 is 6.45. The van der Waals surface area contributed by atoms with Crippen LogP contribution in [0, 0.1) is 0 Å². The summed E-state index contributed by atoms with van der Waals surface area (Å²) in [6.45, 7) is 4.13. The summed E-state index contributed by atoms with van der Waals surface area (Å²) in [6, 6.07) is 13.8. The third-order valence-electron chi connectivity index (χ3n) is 5.51. The quantitative estimate of drug-likeness (QED) is 0.424. The van der Waals surface area contributed by atoms with Crippen LogP contribution in [0.15, 0.2) is 47.6 Å². The van der Waals surface area contributed by atoms with Gasteiger partial charge in [0.05, 0.1) is 24.5 Å². The van der Waals surface area contributed by atoms with Gasteiger partial charge < -0.3 is 24.9 Å². The van der Waals surface area contributed by atoms with E-state index in [4.69, 9.17) is 21.2 Å². The van der Waals surface area contributed by atoms with E-state index >= 15 is 0 Å². The number of nitrogens with zero attached hydrogens (tertiary/aromatic N) is 1. The van der Waals surface area contributed by atoms with Crippen LogP contribution in [0.25, 0.3) is 0 Å². The molecule has 2 aromatic rings. The average Bonchev–Trinajstić information content (AvgIpc) is 2.78. The second-order valence-corrected chi connectivity index (χ2v) is 8.08. The predicted octanol–water partition coefficient (Wildman–Crippen LogP) is 3.63. The standard InChI is InChI=1S/C24H30ClNO5/c1-3-20(26-30-4-2)16-7-5-15(6-8-16)11-18-12-17(9-10-19(18)25)22-13-21(28)24(29)23(14-27)31-22/h5-10,12,21-24,27-29H,3-4,11,13-14H2,1-2H3/b26-20+/t21?,22?,23?,24-/m0/s1. The van der Waals surface area contributed by atoms with Gasteiger partial charge in [-0.05, 0) is 48.1 Å². The van der Waals surface area contributed by atoms with E-state index in [1.165, 1.54) is 0 Å². The topological polar surface area (TPSA) is 91.5 Å². The van der Waals surface area contributed by atoms with Gasteiger partial charge in [-0.2, -0.15) is 0 Å². The van der Waals surface area contributed by atoms with Gasteiger partial charge in [-0.15, -0.1) is 0 Å². The van der Waals surface area contributed by atoms with Crippen molar-refractivity contribution >= 4 is 17.3 Å². The molecular weight excluding hydrogens is 418 g/mol. The molecule has 0 radical (unpaired) electrons. The lowest BCUT2D eigenvalue weighted by Crippen LogP contribution is -2.47. The van der Waals surface area contributed by atoms with Crippen LogP contribution >= 0.6 is 11.6 Å². The van der Waals surface area contributed by atoms with Gasteiger partial charge in [-0.1, -0.05) is 60.1 Å². The first-order valence-electron chi connectivity index (χ1n) is 10.7. The van der Waals surface area contributed by atoms with Crippen molar-refractivity contribution in [3.05, 3.63) is 69.7 Å². The van der Waals surface area contributed by atoms with Crippen molar-refractivity contribution < 1.29 is 24.9 Å². The molecule has 0 amide bonds. The van der Waals surface area contributed by atoms with Crippen molar-refractivity contribution in [3.8, 4) is 0 Å². The molecule has 2 aromatic carbocycles. The first kappa shape index (κ1) is 23.7. The molecule has 4 atom stereocenters. The molecule has 7 heteroatoms. The summed E-state index contributed by atoms with van der Waals surface area (Å²) in [5, 5.41) is 34.3. The van der Waals surface area contributed by atoms with Crippen LogP contribution in [-0.2, 0) is 16.0 Å². The van der Waals surface area contributed by atoms with Crippen molar-refractivity contribution in [3.63, 3.8) is 0 Å². The number of oxime groups is 1. The van der Waals surface area contributed by atoms with E-state index in [1.54, 1.807) is 0 Å². The highest BCUT2D eigenvalue weighted by molar-refractivity contribution is 6.31. The van der Waals surface area contributed by atoms with Crippen LogP contribution in [0.2, 0.25) is 5.02 Å². The van der Waals surface area contributed by atoms with Gasteiger partial charge in [0.15, 0.2) is 0 Å². The molecule has 1 aliphatic rings. The molecule has 3 N–H and O–H groups in total. The highest BCUT2D eigenvalue weighted by atomic mass is 35.5. The molecule has 1 aliphatic heterocycles. The Bertz CT molecular complexity index is 886. The summed E-state index contributed by atoms with van der Waals surface area (Å²) in [5.74, 6) is 0. The molecule has 0 spiro atoms. The first-order valence-corrected chi connectivity index (χ1v) is 11.0. The van der Waals surface area contributed by atoms with E-state index in [2.05, 4.69) is 17.3 Å². The molecule has 1 fully saturated rings. The zero-order valence-corrected chi connectivity index (χ0v) is 18.6. The Kier molecular flexibility index (Phi) is 8.46. The van der Waals surface area contributed by atoms with Crippen molar-refractivity contribution in [1.82, 2.24) is 0 Å². The maximum atomic E-state index is 10.1. The lowest BCUT2D eigenvalue weighted by atomic mass is 9.92. The Labute approximate surface area is 188 Å². The van der Waals surface area contributed by atoms with Gasteiger partial charge in [0.25, 0.3) is 0 Å². The van der Waals surface area contributed by atoms with Crippen molar-refractivity contribution in [1.29, 1.82) is 0 Å². The molecule has 1 saturated heterocycles. The molecule has 0 saturated carbocycles. The Morgan fingerprint density at radius 2 is 1.90 bits per heavy atom. The third kappa shape index (κ3) is 5.84. The van der Waals surface area contributed by atoms with E-state index in [-0.39, 0.29) is 13.0 Å². The first-order chi connectivity index (χ1) is 15.0. The van der Waals surface area contributed by atoms with Gasteiger partial charge in [0.1, 0.15) is 18.8 Å². The summed E-state index contributed by atoms with van der Waals surface area (Å²) < 4.78 is 5.81. The molecular formula is C24H30ClNO5. The summed E-state index contributed by atoms with van der Waals surface area (Å²) in [6.07, 6.45) is -1.60. The molecule has 0 bridgehead atoms. The van der Waals surface area contributed by atoms with Crippen LogP contribution in [0.3, 0.4) is 0 Å². The Balaban J connectivity index is 1.77. The number of rotatable bonds is 8. The van der Waals surface area contributed by atoms with Gasteiger partial charge in [0.2, 0.25) is 0 Å². The number of aliphatic hydroxyl groups is 3. The molecule has 3 unspecified atom stereocenters. The second kappa shape index (κ2) is 11.1. The maximum absolute atomic E-state index is 10.1. The zero-order valence-electron chi connectivity index (χ0n) is 17.9. The second-order valence-electron chi connectivity index (χ2n) is 7.67. The monoisotopic (exact) mass is 447 g/mol. The molecule has 1 heterocycles. The average molecular weight is 448 g/mol. The zero-order chi connectivity index (χ0) is 22.4. The Morgan fingerprint density at radius 1 is 1.16 bits per heavy atom. The van der Waals surface area contributed by atoms with Crippen molar-refractivity contribution in [2.45, 2.75) is 57.5 Å². The molecule has 6 nitrogen and oxygen atoms in total. The minimum Gasteiger partial charge on any atom is -0.396 e. The van der Waals surface area contributed by atoms with Crippen LogP contribution in [-0.4, -0.2) is 52.6 Å². The van der Waals surface area contributed by atoms with Gasteiger partial charge in [-0.25, -0.2) is 0 Å². The van der Waals surface area contributed by atoms with E-state index in [0.717, 1.165) is 34.4 Å². The van der Waals surface area contributed by atoms with Crippen molar-refractivity contribution in [2.24, 2.45) is 5.16 Å². The normalized spacial score (nSPS) is 24.3. The Morgan fingerprint density at radius 3 is 2.55 bits per heavy atom.